The lowest BCUT2D eigenvalue weighted by Crippen LogP contribution is -2.24. The van der Waals surface area contributed by atoms with Gasteiger partial charge in [0.15, 0.2) is 5.82 Å². The van der Waals surface area contributed by atoms with Crippen LogP contribution in [0.25, 0.3) is 0 Å². The highest BCUT2D eigenvalue weighted by atomic mass is 32.2. The summed E-state index contributed by atoms with van der Waals surface area (Å²) >= 11 is 1.58. The van der Waals surface area contributed by atoms with Gasteiger partial charge in [-0.3, -0.25) is 4.79 Å². The number of nitrogens with one attached hydrogen (secondary N) is 1. The highest BCUT2D eigenvalue weighted by Gasteiger charge is 2.21. The van der Waals surface area contributed by atoms with E-state index in [9.17, 15) is 4.79 Å². The molecular weight excluding hydrogens is 326 g/mol. The monoisotopic (exact) mass is 347 g/mol. The van der Waals surface area contributed by atoms with Crippen molar-refractivity contribution in [3.8, 4) is 0 Å². The fourth-order valence-electron chi connectivity index (χ4n) is 2.52. The molecule has 6 nitrogen and oxygen atoms in total. The van der Waals surface area contributed by atoms with Crippen LogP contribution in [0.5, 0.6) is 0 Å². The molecule has 24 heavy (non-hydrogen) atoms. The molecule has 0 bridgehead atoms. The number of carbonyl (C=O) groups is 1. The van der Waals surface area contributed by atoms with Crippen molar-refractivity contribution in [1.29, 1.82) is 0 Å². The minimum absolute atomic E-state index is 0.0262. The number of carbonyl (C=O) groups excluding carboxylic acids is 1. The van der Waals surface area contributed by atoms with Crippen LogP contribution >= 0.6 is 11.8 Å². The van der Waals surface area contributed by atoms with Crippen LogP contribution in [0.4, 0.5) is 0 Å². The molecule has 1 saturated heterocycles. The van der Waals surface area contributed by atoms with E-state index in [1.54, 1.807) is 11.8 Å². The van der Waals surface area contributed by atoms with Crippen LogP contribution in [-0.2, 0) is 21.8 Å². The van der Waals surface area contributed by atoms with E-state index in [1.165, 1.54) is 5.56 Å². The number of amides is 1. The molecule has 1 N–H and O–H groups in total. The zero-order valence-corrected chi connectivity index (χ0v) is 14.3. The third kappa shape index (κ3) is 5.07. The van der Waals surface area contributed by atoms with Crippen molar-refractivity contribution in [1.82, 2.24) is 15.5 Å². The quantitative estimate of drug-likeness (QED) is 0.829. The van der Waals surface area contributed by atoms with Crippen molar-refractivity contribution in [2.24, 2.45) is 0 Å². The Labute approximate surface area is 145 Å². The molecule has 1 amide bonds. The topological polar surface area (TPSA) is 77.2 Å². The van der Waals surface area contributed by atoms with Crippen molar-refractivity contribution in [2.75, 3.05) is 19.0 Å². The number of rotatable bonds is 7. The molecule has 2 heterocycles. The Bertz CT molecular complexity index is 642. The zero-order valence-electron chi connectivity index (χ0n) is 13.4. The molecule has 1 aromatic carbocycles. The second-order valence-electron chi connectivity index (χ2n) is 5.69. The lowest BCUT2D eigenvalue weighted by molar-refractivity contribution is -0.118. The highest BCUT2D eigenvalue weighted by Crippen LogP contribution is 2.24. The summed E-state index contributed by atoms with van der Waals surface area (Å²) in [4.78, 5) is 16.3. The Morgan fingerprint density at radius 3 is 2.83 bits per heavy atom. The van der Waals surface area contributed by atoms with Crippen molar-refractivity contribution in [3.05, 3.63) is 47.6 Å². The van der Waals surface area contributed by atoms with Crippen LogP contribution in [0.3, 0.4) is 0 Å². The molecule has 0 aliphatic carbocycles. The molecule has 128 valence electrons. The zero-order chi connectivity index (χ0) is 16.6. The lowest BCUT2D eigenvalue weighted by Gasteiger charge is -2.18. The molecule has 0 spiro atoms. The average Bonchev–Trinajstić information content (AvgIpc) is 3.11. The molecule has 1 aliphatic rings. The van der Waals surface area contributed by atoms with Crippen LogP contribution in [-0.4, -0.2) is 35.0 Å². The van der Waals surface area contributed by atoms with Gasteiger partial charge in [-0.15, -0.1) is 11.8 Å². The second-order valence-corrected chi connectivity index (χ2v) is 6.67. The minimum Gasteiger partial charge on any atom is -0.381 e. The Kier molecular flexibility index (Phi) is 6.26. The van der Waals surface area contributed by atoms with Gasteiger partial charge in [0.05, 0.1) is 12.3 Å². The number of hydrogen-bond donors (Lipinski definition) is 1. The maximum atomic E-state index is 11.9. The predicted molar refractivity (Wildman–Crippen MR) is 91.5 cm³/mol. The van der Waals surface area contributed by atoms with E-state index >= 15 is 0 Å². The third-order valence-corrected chi connectivity index (χ3v) is 4.86. The summed E-state index contributed by atoms with van der Waals surface area (Å²) in [6.07, 6.45) is 1.84. The predicted octanol–water partition coefficient (Wildman–Crippen LogP) is 2.51. The van der Waals surface area contributed by atoms with E-state index < -0.39 is 0 Å². The van der Waals surface area contributed by atoms with Gasteiger partial charge in [-0.25, -0.2) is 0 Å². The number of hydrogen-bond acceptors (Lipinski definition) is 6. The van der Waals surface area contributed by atoms with E-state index in [2.05, 4.69) is 27.6 Å². The molecule has 0 radical (unpaired) electrons. The van der Waals surface area contributed by atoms with Gasteiger partial charge in [0.1, 0.15) is 0 Å². The third-order valence-electron chi connectivity index (χ3n) is 3.85. The van der Waals surface area contributed by atoms with Crippen LogP contribution in [0.2, 0.25) is 0 Å². The smallest absolute Gasteiger partial charge is 0.246 e. The maximum absolute atomic E-state index is 11.9. The van der Waals surface area contributed by atoms with E-state index in [1.807, 2.05) is 18.2 Å². The Hall–Kier alpha value is -1.86. The van der Waals surface area contributed by atoms with Gasteiger partial charge in [0.2, 0.25) is 11.8 Å². The van der Waals surface area contributed by atoms with Crippen LogP contribution in [0.1, 0.15) is 36.0 Å². The van der Waals surface area contributed by atoms with Gasteiger partial charge >= 0.3 is 0 Å². The molecule has 3 rings (SSSR count). The molecule has 7 heteroatoms. The van der Waals surface area contributed by atoms with Gasteiger partial charge in [-0.2, -0.15) is 4.98 Å². The van der Waals surface area contributed by atoms with E-state index in [0.717, 1.165) is 37.6 Å². The van der Waals surface area contributed by atoms with E-state index in [0.29, 0.717) is 17.6 Å². The van der Waals surface area contributed by atoms with Gasteiger partial charge in [-0.05, 0) is 18.4 Å². The van der Waals surface area contributed by atoms with Crippen LogP contribution in [0.15, 0.2) is 34.9 Å². The van der Waals surface area contributed by atoms with Crippen LogP contribution in [0, 0.1) is 0 Å². The maximum Gasteiger partial charge on any atom is 0.246 e. The molecule has 1 aliphatic heterocycles. The highest BCUT2D eigenvalue weighted by molar-refractivity contribution is 7.99. The van der Waals surface area contributed by atoms with Gasteiger partial charge in [0, 0.05) is 24.9 Å². The Morgan fingerprint density at radius 1 is 1.25 bits per heavy atom. The van der Waals surface area contributed by atoms with E-state index in [-0.39, 0.29) is 12.5 Å². The Balaban J connectivity index is 1.37. The first-order valence-electron chi connectivity index (χ1n) is 8.10. The second kappa shape index (κ2) is 8.84. The number of ether oxygens (including phenoxy) is 1. The lowest BCUT2D eigenvalue weighted by atomic mass is 10.00. The average molecular weight is 347 g/mol. The number of aromatic nitrogens is 2. The summed E-state index contributed by atoms with van der Waals surface area (Å²) in [7, 11) is 0. The summed E-state index contributed by atoms with van der Waals surface area (Å²) in [5, 5.41) is 6.84. The standard InChI is InChI=1S/C17H21N3O3S/c21-15(12-24-11-13-4-2-1-3-5-13)18-10-16-19-17(20-23-16)14-6-8-22-9-7-14/h1-5,14H,6-12H2,(H,18,21). The van der Waals surface area contributed by atoms with Crippen molar-refractivity contribution in [3.63, 3.8) is 0 Å². The summed E-state index contributed by atoms with van der Waals surface area (Å²) in [6, 6.07) is 10.1. The van der Waals surface area contributed by atoms with Crippen molar-refractivity contribution >= 4 is 17.7 Å². The fourth-order valence-corrected chi connectivity index (χ4v) is 3.34. The largest absolute Gasteiger partial charge is 0.381 e. The van der Waals surface area contributed by atoms with E-state index in [4.69, 9.17) is 9.26 Å². The SMILES string of the molecule is O=C(CSCc1ccccc1)NCc1nc(C2CCOCC2)no1. The number of benzene rings is 1. The normalized spacial score (nSPS) is 15.3. The molecule has 1 aromatic heterocycles. The molecule has 1 fully saturated rings. The molecule has 0 atom stereocenters. The fraction of sp³-hybridized carbons (Fsp3) is 0.471. The molecular formula is C17H21N3O3S. The summed E-state index contributed by atoms with van der Waals surface area (Å²) in [5.74, 6) is 2.69. The Morgan fingerprint density at radius 2 is 2.04 bits per heavy atom. The first-order chi connectivity index (χ1) is 11.8. The minimum atomic E-state index is -0.0262. The van der Waals surface area contributed by atoms with Crippen LogP contribution < -0.4 is 5.32 Å². The summed E-state index contributed by atoms with van der Waals surface area (Å²) in [6.45, 7) is 1.76. The molecule has 0 saturated carbocycles. The number of thioether (sulfide) groups is 1. The first-order valence-corrected chi connectivity index (χ1v) is 9.25. The number of nitrogens with zero attached hydrogens (tertiary/aromatic N) is 2. The van der Waals surface area contributed by atoms with Crippen molar-refractivity contribution in [2.45, 2.75) is 31.1 Å². The molecule has 0 unspecified atom stereocenters. The summed E-state index contributed by atoms with van der Waals surface area (Å²) < 4.78 is 10.5. The van der Waals surface area contributed by atoms with Gasteiger partial charge in [-0.1, -0.05) is 35.5 Å². The van der Waals surface area contributed by atoms with Gasteiger partial charge < -0.3 is 14.6 Å². The first kappa shape index (κ1) is 17.0. The molecule has 2 aromatic rings. The van der Waals surface area contributed by atoms with Crippen molar-refractivity contribution < 1.29 is 14.1 Å². The summed E-state index contributed by atoms with van der Waals surface area (Å²) in [5.41, 5.74) is 1.22. The van der Waals surface area contributed by atoms with Gasteiger partial charge in [0.25, 0.3) is 0 Å².